The molecule has 1 aliphatic rings. The van der Waals surface area contributed by atoms with Crippen LogP contribution >= 0.6 is 15.9 Å². The zero-order chi connectivity index (χ0) is 11.2. The van der Waals surface area contributed by atoms with Crippen molar-refractivity contribution in [2.24, 2.45) is 0 Å². The molecule has 0 bridgehead atoms. The van der Waals surface area contributed by atoms with Gasteiger partial charge >= 0.3 is 0 Å². The van der Waals surface area contributed by atoms with Crippen molar-refractivity contribution < 1.29 is 4.79 Å². The summed E-state index contributed by atoms with van der Waals surface area (Å²) in [5.41, 5.74) is 2.48. The van der Waals surface area contributed by atoms with Crippen molar-refractivity contribution in [1.82, 2.24) is 0 Å². The van der Waals surface area contributed by atoms with E-state index in [1.165, 1.54) is 0 Å². The Morgan fingerprint density at radius 1 is 1.40 bits per heavy atom. The van der Waals surface area contributed by atoms with Crippen molar-refractivity contribution in [3.05, 3.63) is 34.8 Å². The van der Waals surface area contributed by atoms with Gasteiger partial charge < -0.3 is 4.90 Å². The number of hydrogen-bond acceptors (Lipinski definition) is 1. The lowest BCUT2D eigenvalue weighted by Gasteiger charge is -2.21. The summed E-state index contributed by atoms with van der Waals surface area (Å²) in [4.78, 5) is 13.7. The van der Waals surface area contributed by atoms with Crippen LogP contribution < -0.4 is 4.90 Å². The van der Waals surface area contributed by atoms with Gasteiger partial charge in [-0.05, 0) is 32.0 Å². The van der Waals surface area contributed by atoms with Crippen LogP contribution in [0.5, 0.6) is 0 Å². The Morgan fingerprint density at radius 3 is 2.67 bits per heavy atom. The first-order valence-corrected chi connectivity index (χ1v) is 5.64. The Balaban J connectivity index is 2.60. The molecule has 1 heterocycles. The van der Waals surface area contributed by atoms with Gasteiger partial charge in [-0.1, -0.05) is 22.5 Å². The van der Waals surface area contributed by atoms with Crippen LogP contribution in [0.1, 0.15) is 19.4 Å². The number of halogens is 1. The maximum Gasteiger partial charge on any atom is 0.258 e. The molecule has 0 saturated carbocycles. The van der Waals surface area contributed by atoms with Crippen molar-refractivity contribution in [2.75, 3.05) is 4.90 Å². The van der Waals surface area contributed by atoms with E-state index in [0.29, 0.717) is 5.57 Å². The second kappa shape index (κ2) is 3.49. The maximum absolute atomic E-state index is 11.9. The van der Waals surface area contributed by atoms with Gasteiger partial charge in [-0.3, -0.25) is 4.79 Å². The topological polar surface area (TPSA) is 20.3 Å². The van der Waals surface area contributed by atoms with E-state index in [0.717, 1.165) is 15.7 Å². The molecule has 0 aromatic heterocycles. The highest BCUT2D eigenvalue weighted by atomic mass is 79.9. The molecular weight excluding hydrogens is 254 g/mol. The van der Waals surface area contributed by atoms with Crippen LogP contribution in [0.4, 0.5) is 5.69 Å². The highest BCUT2D eigenvalue weighted by Gasteiger charge is 2.32. The van der Waals surface area contributed by atoms with Crippen LogP contribution in [0.2, 0.25) is 0 Å². The third-order valence-electron chi connectivity index (χ3n) is 2.54. The normalized spacial score (nSPS) is 15.1. The number of benzene rings is 1. The lowest BCUT2D eigenvalue weighted by molar-refractivity contribution is -0.113. The van der Waals surface area contributed by atoms with E-state index >= 15 is 0 Å². The van der Waals surface area contributed by atoms with Crippen LogP contribution in [-0.4, -0.2) is 11.9 Å². The quantitative estimate of drug-likeness (QED) is 0.715. The predicted molar refractivity (Wildman–Crippen MR) is 65.8 cm³/mol. The zero-order valence-electron chi connectivity index (χ0n) is 8.75. The summed E-state index contributed by atoms with van der Waals surface area (Å²) >= 11 is 3.40. The molecule has 0 spiro atoms. The molecule has 1 aliphatic heterocycles. The number of anilines is 1. The second-order valence-corrected chi connectivity index (χ2v) is 4.82. The molecule has 0 aliphatic carbocycles. The summed E-state index contributed by atoms with van der Waals surface area (Å²) in [5.74, 6) is 0.0121. The van der Waals surface area contributed by atoms with E-state index in [9.17, 15) is 4.79 Å². The van der Waals surface area contributed by atoms with Gasteiger partial charge in [-0.2, -0.15) is 0 Å². The first-order chi connectivity index (χ1) is 7.02. The van der Waals surface area contributed by atoms with E-state index in [1.807, 2.05) is 32.0 Å². The summed E-state index contributed by atoms with van der Waals surface area (Å²) in [7, 11) is 0. The highest BCUT2D eigenvalue weighted by Crippen LogP contribution is 2.38. The van der Waals surface area contributed by atoms with Crippen molar-refractivity contribution in [2.45, 2.75) is 19.9 Å². The summed E-state index contributed by atoms with van der Waals surface area (Å²) in [6.07, 6.45) is 0. The average Bonchev–Trinajstić information content (AvgIpc) is 2.41. The number of hydrogen-bond donors (Lipinski definition) is 0. The Bertz CT molecular complexity index is 451. The molecule has 0 atom stereocenters. The minimum absolute atomic E-state index is 0.0121. The van der Waals surface area contributed by atoms with E-state index < -0.39 is 0 Å². The third-order valence-corrected chi connectivity index (χ3v) is 3.03. The standard InChI is InChI=1S/C12H12BrNO/c1-7(2)14-11-5-4-9(13)6-10(11)8(3)12(14)15/h4-7H,3H2,1-2H3. The third kappa shape index (κ3) is 1.51. The number of carbonyl (C=O) groups is 1. The number of amides is 1. The van der Waals surface area contributed by atoms with E-state index in [2.05, 4.69) is 22.5 Å². The fourth-order valence-electron chi connectivity index (χ4n) is 1.84. The molecule has 0 saturated heterocycles. The fourth-order valence-corrected chi connectivity index (χ4v) is 2.20. The smallest absolute Gasteiger partial charge is 0.258 e. The molecule has 2 nitrogen and oxygen atoms in total. The number of fused-ring (bicyclic) bond motifs is 1. The van der Waals surface area contributed by atoms with Gasteiger partial charge in [0.1, 0.15) is 0 Å². The van der Waals surface area contributed by atoms with Gasteiger partial charge in [0.15, 0.2) is 0 Å². The van der Waals surface area contributed by atoms with Crippen molar-refractivity contribution in [3.63, 3.8) is 0 Å². The highest BCUT2D eigenvalue weighted by molar-refractivity contribution is 9.10. The zero-order valence-corrected chi connectivity index (χ0v) is 10.3. The number of rotatable bonds is 1. The summed E-state index contributed by atoms with van der Waals surface area (Å²) < 4.78 is 0.973. The van der Waals surface area contributed by atoms with Gasteiger partial charge in [0.05, 0.1) is 5.69 Å². The molecule has 1 aromatic rings. The predicted octanol–water partition coefficient (Wildman–Crippen LogP) is 3.22. The van der Waals surface area contributed by atoms with Crippen molar-refractivity contribution in [1.29, 1.82) is 0 Å². The summed E-state index contributed by atoms with van der Waals surface area (Å²) in [5, 5.41) is 0. The Labute approximate surface area is 97.7 Å². The molecule has 0 N–H and O–H groups in total. The fraction of sp³-hybridized carbons (Fsp3) is 0.250. The van der Waals surface area contributed by atoms with Gasteiger partial charge in [0.2, 0.25) is 0 Å². The molecule has 15 heavy (non-hydrogen) atoms. The minimum atomic E-state index is 0.0121. The molecule has 1 amide bonds. The van der Waals surface area contributed by atoms with E-state index in [1.54, 1.807) is 4.90 Å². The molecule has 0 fully saturated rings. The lowest BCUT2D eigenvalue weighted by Crippen LogP contribution is -2.33. The largest absolute Gasteiger partial charge is 0.305 e. The first-order valence-electron chi connectivity index (χ1n) is 4.84. The average molecular weight is 266 g/mol. The molecule has 0 unspecified atom stereocenters. The maximum atomic E-state index is 11.9. The van der Waals surface area contributed by atoms with Crippen molar-refractivity contribution in [3.8, 4) is 0 Å². The molecular formula is C12H12BrNO. The Hall–Kier alpha value is -1.09. The van der Waals surface area contributed by atoms with Crippen LogP contribution in [0.15, 0.2) is 29.3 Å². The summed E-state index contributed by atoms with van der Waals surface area (Å²) in [6.45, 7) is 7.84. The monoisotopic (exact) mass is 265 g/mol. The van der Waals surface area contributed by atoms with E-state index in [4.69, 9.17) is 0 Å². The molecule has 2 rings (SSSR count). The van der Waals surface area contributed by atoms with Crippen LogP contribution in [0, 0.1) is 0 Å². The van der Waals surface area contributed by atoms with E-state index in [-0.39, 0.29) is 11.9 Å². The van der Waals surface area contributed by atoms with Gasteiger partial charge in [-0.15, -0.1) is 0 Å². The molecule has 3 heteroatoms. The Morgan fingerprint density at radius 2 is 2.07 bits per heavy atom. The lowest BCUT2D eigenvalue weighted by atomic mass is 10.1. The van der Waals surface area contributed by atoms with Gasteiger partial charge in [-0.25, -0.2) is 0 Å². The minimum Gasteiger partial charge on any atom is -0.305 e. The SMILES string of the molecule is C=C1C(=O)N(C(C)C)c2ccc(Br)cc21. The summed E-state index contributed by atoms with van der Waals surface area (Å²) in [6, 6.07) is 6.00. The van der Waals surface area contributed by atoms with Gasteiger partial charge in [0, 0.05) is 21.7 Å². The Kier molecular flexibility index (Phi) is 2.43. The van der Waals surface area contributed by atoms with Crippen molar-refractivity contribution >= 4 is 33.1 Å². The first kappa shape index (κ1) is 10.4. The van der Waals surface area contributed by atoms with Crippen LogP contribution in [0.3, 0.4) is 0 Å². The molecule has 78 valence electrons. The molecule has 0 radical (unpaired) electrons. The molecule has 1 aromatic carbocycles. The second-order valence-electron chi connectivity index (χ2n) is 3.91. The van der Waals surface area contributed by atoms with Crippen LogP contribution in [0.25, 0.3) is 5.57 Å². The van der Waals surface area contributed by atoms with Crippen LogP contribution in [-0.2, 0) is 4.79 Å². The number of nitrogens with zero attached hydrogens (tertiary/aromatic N) is 1. The van der Waals surface area contributed by atoms with Gasteiger partial charge in [0.25, 0.3) is 5.91 Å². The number of carbonyl (C=O) groups excluding carboxylic acids is 1.